The molecule has 8 heteroatoms. The second kappa shape index (κ2) is 9.89. The Bertz CT molecular complexity index is 1220. The van der Waals surface area contributed by atoms with E-state index in [1.807, 2.05) is 48.5 Å². The predicted molar refractivity (Wildman–Crippen MR) is 131 cm³/mol. The van der Waals surface area contributed by atoms with E-state index in [0.29, 0.717) is 12.2 Å². The first-order chi connectivity index (χ1) is 15.8. The molecule has 1 saturated carbocycles. The zero-order chi connectivity index (χ0) is 23.4. The Morgan fingerprint density at radius 1 is 1.06 bits per heavy atom. The molecule has 1 aromatic heterocycles. The topological polar surface area (TPSA) is 128 Å². The molecule has 1 fully saturated rings. The van der Waals surface area contributed by atoms with Crippen LogP contribution in [0, 0.1) is 5.92 Å². The summed E-state index contributed by atoms with van der Waals surface area (Å²) < 4.78 is 28.8. The van der Waals surface area contributed by atoms with Gasteiger partial charge in [0.25, 0.3) is 0 Å². The van der Waals surface area contributed by atoms with Crippen LogP contribution in [-0.4, -0.2) is 31.1 Å². The molecule has 7 nitrogen and oxygen atoms in total. The van der Waals surface area contributed by atoms with Gasteiger partial charge in [-0.2, -0.15) is 0 Å². The number of nitrogen functional groups attached to an aromatic ring is 1. The Morgan fingerprint density at radius 2 is 1.79 bits per heavy atom. The Labute approximate surface area is 194 Å². The van der Waals surface area contributed by atoms with E-state index in [4.69, 9.17) is 11.5 Å². The summed E-state index contributed by atoms with van der Waals surface area (Å²) in [6.07, 6.45) is 5.90. The largest absolute Gasteiger partial charge is 0.384 e. The molecule has 33 heavy (non-hydrogen) atoms. The van der Waals surface area contributed by atoms with Crippen LogP contribution in [0.1, 0.15) is 42.7 Å². The third-order valence-corrected chi connectivity index (χ3v) is 7.99. The van der Waals surface area contributed by atoms with Crippen LogP contribution in [0.3, 0.4) is 0 Å². The van der Waals surface area contributed by atoms with E-state index in [1.54, 1.807) is 12.3 Å². The van der Waals surface area contributed by atoms with Crippen molar-refractivity contribution in [3.05, 3.63) is 71.9 Å². The molecule has 2 unspecified atom stereocenters. The van der Waals surface area contributed by atoms with Gasteiger partial charge >= 0.3 is 0 Å². The minimum absolute atomic E-state index is 0.0163. The molecule has 3 aromatic rings. The monoisotopic (exact) mass is 466 g/mol. The quantitative estimate of drug-likeness (QED) is 0.446. The van der Waals surface area contributed by atoms with E-state index in [1.165, 1.54) is 0 Å². The van der Waals surface area contributed by atoms with Crippen LogP contribution < -0.4 is 16.2 Å². The highest BCUT2D eigenvalue weighted by Crippen LogP contribution is 2.32. The lowest BCUT2D eigenvalue weighted by molar-refractivity contribution is -0.120. The summed E-state index contributed by atoms with van der Waals surface area (Å²) in [5.74, 6) is -0.691. The Kier molecular flexibility index (Phi) is 6.95. The second-order valence-electron chi connectivity index (χ2n) is 8.90. The molecule has 0 spiro atoms. The molecule has 4 rings (SSSR count). The lowest BCUT2D eigenvalue weighted by Gasteiger charge is -2.28. The number of hydrogen-bond donors (Lipinski definition) is 3. The molecular formula is C25H30N4O3S. The number of amides is 1. The maximum Gasteiger partial charge on any atom is 0.236 e. The number of benzene rings is 2. The highest BCUT2D eigenvalue weighted by atomic mass is 32.2. The zero-order valence-electron chi connectivity index (χ0n) is 18.5. The first-order valence-corrected chi connectivity index (χ1v) is 12.9. The maximum atomic E-state index is 13.1. The lowest BCUT2D eigenvalue weighted by Crippen LogP contribution is -2.49. The van der Waals surface area contributed by atoms with Gasteiger partial charge in [-0.15, -0.1) is 0 Å². The van der Waals surface area contributed by atoms with Gasteiger partial charge in [-0.05, 0) is 53.1 Å². The van der Waals surface area contributed by atoms with E-state index in [9.17, 15) is 13.2 Å². The van der Waals surface area contributed by atoms with Crippen LogP contribution in [0.4, 0.5) is 5.82 Å². The van der Waals surface area contributed by atoms with Crippen LogP contribution in [0.5, 0.6) is 0 Å². The van der Waals surface area contributed by atoms with Gasteiger partial charge in [0, 0.05) is 12.1 Å². The molecule has 1 amide bonds. The molecular weight excluding hydrogens is 436 g/mol. The summed E-state index contributed by atoms with van der Waals surface area (Å²) in [6, 6.07) is 16.1. The summed E-state index contributed by atoms with van der Waals surface area (Å²) in [7, 11) is -3.70. The molecule has 1 aliphatic rings. The van der Waals surface area contributed by atoms with Crippen LogP contribution >= 0.6 is 0 Å². The van der Waals surface area contributed by atoms with Crippen LogP contribution in [0.25, 0.3) is 10.8 Å². The average Bonchev–Trinajstić information content (AvgIpc) is 3.29. The Hall–Kier alpha value is -2.97. The fraction of sp³-hybridized carbons (Fsp3) is 0.360. The molecule has 0 bridgehead atoms. The first kappa shape index (κ1) is 23.2. The van der Waals surface area contributed by atoms with Crippen molar-refractivity contribution in [2.45, 2.75) is 44.1 Å². The standard InChI is InChI=1S/C25H30N4O3S/c26-23-13-12-18(15-28-23)14-22(21-11-5-9-19-8-3-4-10-20(19)21)24(25(27)30)29-33(31,32)16-17-6-1-2-7-17/h3-5,8-13,15,17,22,24,29H,1-2,6-7,14,16H2,(H2,26,28)(H2,27,30). The van der Waals surface area contributed by atoms with Gasteiger partial charge in [-0.25, -0.2) is 18.1 Å². The molecule has 0 saturated heterocycles. The molecule has 5 N–H and O–H groups in total. The summed E-state index contributed by atoms with van der Waals surface area (Å²) >= 11 is 0. The molecule has 2 atom stereocenters. The Balaban J connectivity index is 1.73. The van der Waals surface area contributed by atoms with Crippen LogP contribution in [-0.2, 0) is 21.2 Å². The fourth-order valence-electron chi connectivity index (χ4n) is 4.86. The SMILES string of the molecule is NC(=O)C(NS(=O)(=O)CC1CCCC1)C(Cc1ccc(N)nc1)c1cccc2ccccc12. The van der Waals surface area contributed by atoms with Gasteiger partial charge in [-0.3, -0.25) is 4.79 Å². The van der Waals surface area contributed by atoms with Crippen molar-refractivity contribution < 1.29 is 13.2 Å². The number of nitrogens with two attached hydrogens (primary N) is 2. The molecule has 2 aromatic carbocycles. The van der Waals surface area contributed by atoms with Crippen molar-refractivity contribution >= 4 is 32.5 Å². The number of carbonyl (C=O) groups excluding carboxylic acids is 1. The smallest absolute Gasteiger partial charge is 0.236 e. The van der Waals surface area contributed by atoms with Crippen molar-refractivity contribution in [1.29, 1.82) is 0 Å². The average molecular weight is 467 g/mol. The number of nitrogens with zero attached hydrogens (tertiary/aromatic N) is 1. The van der Waals surface area contributed by atoms with Crippen molar-refractivity contribution in [1.82, 2.24) is 9.71 Å². The summed E-state index contributed by atoms with van der Waals surface area (Å²) in [5, 5.41) is 1.96. The molecule has 0 aliphatic heterocycles. The van der Waals surface area contributed by atoms with Gasteiger partial charge in [0.2, 0.25) is 15.9 Å². The van der Waals surface area contributed by atoms with Crippen molar-refractivity contribution in [3.63, 3.8) is 0 Å². The van der Waals surface area contributed by atoms with Crippen molar-refractivity contribution in [3.8, 4) is 0 Å². The highest BCUT2D eigenvalue weighted by Gasteiger charge is 2.34. The van der Waals surface area contributed by atoms with E-state index in [2.05, 4.69) is 9.71 Å². The number of primary amides is 1. The van der Waals surface area contributed by atoms with Gasteiger partial charge in [0.15, 0.2) is 0 Å². The number of nitrogens with one attached hydrogen (secondary N) is 1. The predicted octanol–water partition coefficient (Wildman–Crippen LogP) is 3.11. The van der Waals surface area contributed by atoms with Crippen molar-refractivity contribution in [2.75, 3.05) is 11.5 Å². The zero-order valence-corrected chi connectivity index (χ0v) is 19.3. The second-order valence-corrected chi connectivity index (χ2v) is 10.7. The van der Waals surface area contributed by atoms with Gasteiger partial charge in [0.05, 0.1) is 5.75 Å². The third kappa shape index (κ3) is 5.69. The number of aromatic nitrogens is 1. The van der Waals surface area contributed by atoms with E-state index in [0.717, 1.165) is 47.6 Å². The van der Waals surface area contributed by atoms with Crippen LogP contribution in [0.15, 0.2) is 60.8 Å². The van der Waals surface area contributed by atoms with Gasteiger partial charge in [0.1, 0.15) is 11.9 Å². The van der Waals surface area contributed by atoms with Crippen LogP contribution in [0.2, 0.25) is 0 Å². The highest BCUT2D eigenvalue weighted by molar-refractivity contribution is 7.89. The number of carbonyl (C=O) groups is 1. The molecule has 1 aliphatic carbocycles. The minimum atomic E-state index is -3.70. The first-order valence-electron chi connectivity index (χ1n) is 11.3. The number of rotatable bonds is 9. The molecule has 1 heterocycles. The number of fused-ring (bicyclic) bond motifs is 1. The fourth-order valence-corrected chi connectivity index (χ4v) is 6.58. The van der Waals surface area contributed by atoms with Gasteiger partial charge < -0.3 is 11.5 Å². The van der Waals surface area contributed by atoms with Crippen molar-refractivity contribution in [2.24, 2.45) is 11.7 Å². The normalized spacial score (nSPS) is 16.6. The number of hydrogen-bond acceptors (Lipinski definition) is 5. The number of sulfonamides is 1. The van der Waals surface area contributed by atoms with E-state index < -0.39 is 27.9 Å². The minimum Gasteiger partial charge on any atom is -0.384 e. The lowest BCUT2D eigenvalue weighted by atomic mass is 9.83. The summed E-state index contributed by atoms with van der Waals surface area (Å²) in [4.78, 5) is 16.8. The number of anilines is 1. The summed E-state index contributed by atoms with van der Waals surface area (Å²) in [6.45, 7) is 0. The summed E-state index contributed by atoms with van der Waals surface area (Å²) in [5.41, 5.74) is 13.2. The van der Waals surface area contributed by atoms with Gasteiger partial charge in [-0.1, -0.05) is 61.4 Å². The number of pyridine rings is 1. The van der Waals surface area contributed by atoms with E-state index >= 15 is 0 Å². The molecule has 174 valence electrons. The van der Waals surface area contributed by atoms with E-state index in [-0.39, 0.29) is 11.7 Å². The maximum absolute atomic E-state index is 13.1. The molecule has 0 radical (unpaired) electrons. The third-order valence-electron chi connectivity index (χ3n) is 6.47. The Morgan fingerprint density at radius 3 is 2.48 bits per heavy atom.